The third kappa shape index (κ3) is 5.82. The number of anilines is 1. The maximum absolute atomic E-state index is 13.3. The van der Waals surface area contributed by atoms with Crippen molar-refractivity contribution in [2.45, 2.75) is 38.1 Å². The van der Waals surface area contributed by atoms with Crippen LogP contribution in [0.25, 0.3) is 11.0 Å². The lowest BCUT2D eigenvalue weighted by Gasteiger charge is -2.33. The fourth-order valence-corrected chi connectivity index (χ4v) is 5.04. The van der Waals surface area contributed by atoms with Crippen molar-refractivity contribution >= 4 is 28.7 Å². The molecule has 7 heteroatoms. The maximum Gasteiger partial charge on any atom is 0.322 e. The molecule has 1 fully saturated rings. The van der Waals surface area contributed by atoms with E-state index in [1.165, 1.54) is 0 Å². The van der Waals surface area contributed by atoms with Gasteiger partial charge in [-0.05, 0) is 49.6 Å². The van der Waals surface area contributed by atoms with Crippen LogP contribution < -0.4 is 5.32 Å². The van der Waals surface area contributed by atoms with Crippen LogP contribution in [0.4, 0.5) is 10.5 Å². The lowest BCUT2D eigenvalue weighted by molar-refractivity contribution is -0.132. The van der Waals surface area contributed by atoms with Crippen LogP contribution in [0.5, 0.6) is 0 Å². The van der Waals surface area contributed by atoms with E-state index in [1.54, 1.807) is 4.90 Å². The van der Waals surface area contributed by atoms with Gasteiger partial charge in [-0.15, -0.1) is 0 Å². The van der Waals surface area contributed by atoms with Crippen LogP contribution >= 0.6 is 0 Å². The molecule has 2 heterocycles. The number of piperidine rings is 1. The van der Waals surface area contributed by atoms with Crippen molar-refractivity contribution in [3.63, 3.8) is 0 Å². The van der Waals surface area contributed by atoms with Gasteiger partial charge in [-0.3, -0.25) is 4.79 Å². The molecule has 1 aromatic heterocycles. The summed E-state index contributed by atoms with van der Waals surface area (Å²) in [5.41, 5.74) is 3.80. The molecule has 0 bridgehead atoms. The number of aromatic nitrogens is 2. The molecule has 5 rings (SSSR count). The standard InChI is InChI=1S/C30H33N5O2/c1-22(23-10-4-2-5-11-23)35(30(37)31-25-12-6-3-7-13-25)21-18-28(36)34-19-16-24(17-20-34)29-32-26-14-8-9-15-27(26)33-29/h2-15,22,24H,16-21H2,1H3,(H,31,37)(H,32,33). The zero-order valence-corrected chi connectivity index (χ0v) is 21.1. The van der Waals surface area contributed by atoms with Crippen molar-refractivity contribution in [3.8, 4) is 0 Å². The molecule has 3 aromatic carbocycles. The number of fused-ring (bicyclic) bond motifs is 1. The molecule has 0 radical (unpaired) electrons. The highest BCUT2D eigenvalue weighted by molar-refractivity contribution is 5.90. The third-order valence-corrected chi connectivity index (χ3v) is 7.24. The molecule has 1 atom stereocenters. The molecule has 1 unspecified atom stereocenters. The molecule has 190 valence electrons. The van der Waals surface area contributed by atoms with E-state index < -0.39 is 0 Å². The van der Waals surface area contributed by atoms with Gasteiger partial charge in [0.05, 0.1) is 17.1 Å². The van der Waals surface area contributed by atoms with Crippen LogP contribution in [-0.4, -0.2) is 51.3 Å². The fraction of sp³-hybridized carbons (Fsp3) is 0.300. The van der Waals surface area contributed by atoms with Gasteiger partial charge in [0.25, 0.3) is 0 Å². The number of hydrogen-bond donors (Lipinski definition) is 2. The number of imidazole rings is 1. The van der Waals surface area contributed by atoms with E-state index in [4.69, 9.17) is 4.98 Å². The number of nitrogens with one attached hydrogen (secondary N) is 2. The van der Waals surface area contributed by atoms with Gasteiger partial charge in [-0.25, -0.2) is 9.78 Å². The average Bonchev–Trinajstić information content (AvgIpc) is 3.38. The fourth-order valence-electron chi connectivity index (χ4n) is 5.04. The van der Waals surface area contributed by atoms with E-state index in [9.17, 15) is 9.59 Å². The van der Waals surface area contributed by atoms with E-state index in [1.807, 2.05) is 96.8 Å². The summed E-state index contributed by atoms with van der Waals surface area (Å²) in [5.74, 6) is 1.41. The largest absolute Gasteiger partial charge is 0.343 e. The van der Waals surface area contributed by atoms with E-state index >= 15 is 0 Å². The summed E-state index contributed by atoms with van der Waals surface area (Å²) in [7, 11) is 0. The Morgan fingerprint density at radius 2 is 1.62 bits per heavy atom. The molecule has 1 saturated heterocycles. The number of carbonyl (C=O) groups is 2. The van der Waals surface area contributed by atoms with Crippen LogP contribution in [-0.2, 0) is 4.79 Å². The zero-order valence-electron chi connectivity index (χ0n) is 21.1. The lowest BCUT2D eigenvalue weighted by Crippen LogP contribution is -2.42. The molecule has 0 aliphatic carbocycles. The predicted octanol–water partition coefficient (Wildman–Crippen LogP) is 5.95. The van der Waals surface area contributed by atoms with E-state index in [-0.39, 0.29) is 24.4 Å². The Morgan fingerprint density at radius 3 is 2.32 bits per heavy atom. The number of H-pyrrole nitrogens is 1. The highest BCUT2D eigenvalue weighted by atomic mass is 16.2. The highest BCUT2D eigenvalue weighted by Crippen LogP contribution is 2.28. The van der Waals surface area contributed by atoms with Crippen LogP contribution in [0, 0.1) is 0 Å². The molecule has 1 aliphatic heterocycles. The summed E-state index contributed by atoms with van der Waals surface area (Å²) in [6, 6.07) is 27.0. The summed E-state index contributed by atoms with van der Waals surface area (Å²) >= 11 is 0. The van der Waals surface area contributed by atoms with Crippen molar-refractivity contribution in [1.29, 1.82) is 0 Å². The number of hydrogen-bond acceptors (Lipinski definition) is 3. The summed E-state index contributed by atoms with van der Waals surface area (Å²) in [6.07, 6.45) is 2.04. The minimum Gasteiger partial charge on any atom is -0.343 e. The third-order valence-electron chi connectivity index (χ3n) is 7.24. The first kappa shape index (κ1) is 24.6. The first-order chi connectivity index (χ1) is 18.1. The Bertz CT molecular complexity index is 1300. The second kappa shape index (κ2) is 11.3. The summed E-state index contributed by atoms with van der Waals surface area (Å²) in [5, 5.41) is 2.98. The van der Waals surface area contributed by atoms with Crippen molar-refractivity contribution < 1.29 is 9.59 Å². The number of benzene rings is 3. The maximum atomic E-state index is 13.3. The molecule has 3 amide bonds. The van der Waals surface area contributed by atoms with Gasteiger partial charge in [0.15, 0.2) is 0 Å². The quantitative estimate of drug-likeness (QED) is 0.332. The number of nitrogens with zero attached hydrogens (tertiary/aromatic N) is 3. The van der Waals surface area contributed by atoms with Gasteiger partial charge in [0.2, 0.25) is 5.91 Å². The van der Waals surface area contributed by atoms with Crippen molar-refractivity contribution in [1.82, 2.24) is 19.8 Å². The molecular weight excluding hydrogens is 462 g/mol. The summed E-state index contributed by atoms with van der Waals surface area (Å²) in [6.45, 7) is 3.75. The molecule has 0 spiro atoms. The summed E-state index contributed by atoms with van der Waals surface area (Å²) in [4.78, 5) is 38.3. The van der Waals surface area contributed by atoms with Crippen molar-refractivity contribution in [3.05, 3.63) is 96.3 Å². The van der Waals surface area contributed by atoms with Gasteiger partial charge < -0.3 is 20.1 Å². The topological polar surface area (TPSA) is 81.3 Å². The number of rotatable bonds is 7. The summed E-state index contributed by atoms with van der Waals surface area (Å²) < 4.78 is 0. The lowest BCUT2D eigenvalue weighted by atomic mass is 9.96. The minimum absolute atomic E-state index is 0.0841. The number of para-hydroxylation sites is 3. The highest BCUT2D eigenvalue weighted by Gasteiger charge is 2.28. The molecule has 0 saturated carbocycles. The Balaban J connectivity index is 1.20. The number of carbonyl (C=O) groups excluding carboxylic acids is 2. The number of amides is 3. The van der Waals surface area contributed by atoms with Crippen LogP contribution in [0.2, 0.25) is 0 Å². The first-order valence-electron chi connectivity index (χ1n) is 13.0. The van der Waals surface area contributed by atoms with Gasteiger partial charge in [-0.2, -0.15) is 0 Å². The molecule has 2 N–H and O–H groups in total. The zero-order chi connectivity index (χ0) is 25.6. The number of likely N-dealkylation sites (tertiary alicyclic amines) is 1. The van der Waals surface area contributed by atoms with Crippen molar-refractivity contribution in [2.24, 2.45) is 0 Å². The number of urea groups is 1. The van der Waals surface area contributed by atoms with E-state index in [0.29, 0.717) is 25.6 Å². The normalized spacial score (nSPS) is 14.9. The molecule has 4 aromatic rings. The Labute approximate surface area is 217 Å². The predicted molar refractivity (Wildman–Crippen MR) is 146 cm³/mol. The second-order valence-electron chi connectivity index (χ2n) is 9.62. The molecule has 1 aliphatic rings. The molecule has 7 nitrogen and oxygen atoms in total. The van der Waals surface area contributed by atoms with Gasteiger partial charge in [0.1, 0.15) is 5.82 Å². The Kier molecular flexibility index (Phi) is 7.49. The smallest absolute Gasteiger partial charge is 0.322 e. The first-order valence-corrected chi connectivity index (χ1v) is 13.0. The molecule has 37 heavy (non-hydrogen) atoms. The van der Waals surface area contributed by atoms with Gasteiger partial charge in [-0.1, -0.05) is 60.7 Å². The van der Waals surface area contributed by atoms with E-state index in [2.05, 4.69) is 10.3 Å². The van der Waals surface area contributed by atoms with Crippen LogP contribution in [0.1, 0.15) is 49.5 Å². The number of aromatic amines is 1. The SMILES string of the molecule is CC(c1ccccc1)N(CCC(=O)N1CCC(c2nc3ccccc3[nH]2)CC1)C(=O)Nc1ccccc1. The Morgan fingerprint density at radius 1 is 0.973 bits per heavy atom. The second-order valence-corrected chi connectivity index (χ2v) is 9.62. The Hall–Kier alpha value is -4.13. The van der Waals surface area contributed by atoms with E-state index in [0.717, 1.165) is 41.0 Å². The van der Waals surface area contributed by atoms with Crippen molar-refractivity contribution in [2.75, 3.05) is 25.0 Å². The average molecular weight is 496 g/mol. The molecular formula is C30H33N5O2. The van der Waals surface area contributed by atoms with Crippen LogP contribution in [0.15, 0.2) is 84.9 Å². The minimum atomic E-state index is -0.209. The van der Waals surface area contributed by atoms with Crippen LogP contribution in [0.3, 0.4) is 0 Å². The van der Waals surface area contributed by atoms with Gasteiger partial charge >= 0.3 is 6.03 Å². The van der Waals surface area contributed by atoms with Gasteiger partial charge in [0, 0.05) is 37.7 Å². The monoisotopic (exact) mass is 495 g/mol.